The van der Waals surface area contributed by atoms with Crippen LogP contribution in [0.3, 0.4) is 0 Å². The third-order valence-electron chi connectivity index (χ3n) is 0.787. The minimum Gasteiger partial charge on any atom is -0.458 e. The van der Waals surface area contributed by atoms with Gasteiger partial charge in [0.1, 0.15) is 0 Å². The van der Waals surface area contributed by atoms with E-state index in [-0.39, 0.29) is 0 Å². The molecule has 0 N–H and O–H groups in total. The number of hydrogen-bond donors (Lipinski definition) is 0. The van der Waals surface area contributed by atoms with Gasteiger partial charge in [0.2, 0.25) is 0 Å². The summed E-state index contributed by atoms with van der Waals surface area (Å²) in [6.07, 6.45) is 0. The average Bonchev–Trinajstić information content (AvgIpc) is 2.03. The molecule has 0 saturated heterocycles. The molecule has 86 valence electrons. The molecule has 0 rings (SSSR count). The van der Waals surface area contributed by atoms with Crippen molar-refractivity contribution in [1.29, 1.82) is 0 Å². The van der Waals surface area contributed by atoms with Crippen molar-refractivity contribution in [3.63, 3.8) is 0 Å². The molecule has 0 radical (unpaired) electrons. The van der Waals surface area contributed by atoms with Crippen molar-refractivity contribution in [2.75, 3.05) is 0 Å². The molecular weight excluding hydrogens is 220 g/mol. The van der Waals surface area contributed by atoms with Crippen molar-refractivity contribution in [1.82, 2.24) is 0 Å². The van der Waals surface area contributed by atoms with E-state index in [4.69, 9.17) is 0 Å². The largest absolute Gasteiger partial charge is 0.689 e. The van der Waals surface area contributed by atoms with Crippen LogP contribution in [0.2, 0.25) is 0 Å². The van der Waals surface area contributed by atoms with E-state index in [2.05, 4.69) is 26.4 Å². The van der Waals surface area contributed by atoms with E-state index < -0.39 is 27.4 Å². The van der Waals surface area contributed by atoms with Crippen LogP contribution in [0.4, 0.5) is 0 Å². The van der Waals surface area contributed by atoms with Crippen LogP contribution < -0.4 is 0 Å². The number of carbonyl (C=O) groups is 3. The highest BCUT2D eigenvalue weighted by molar-refractivity contribution is 6.43. The first kappa shape index (κ1) is 15.8. The van der Waals surface area contributed by atoms with Gasteiger partial charge in [-0.1, -0.05) is 0 Å². The smallest absolute Gasteiger partial charge is 0.458 e. The molecular formula is C8H14O6Si. The van der Waals surface area contributed by atoms with E-state index >= 15 is 0 Å². The van der Waals surface area contributed by atoms with Crippen LogP contribution in [0.5, 0.6) is 0 Å². The van der Waals surface area contributed by atoms with Crippen molar-refractivity contribution >= 4 is 27.4 Å². The van der Waals surface area contributed by atoms with E-state index in [0.29, 0.717) is 0 Å². The fourth-order valence-corrected chi connectivity index (χ4v) is 1.44. The first-order chi connectivity index (χ1) is 6.91. The monoisotopic (exact) mass is 234 g/mol. The van der Waals surface area contributed by atoms with Crippen molar-refractivity contribution in [2.24, 2.45) is 0 Å². The zero-order valence-electron chi connectivity index (χ0n) is 8.94. The van der Waals surface area contributed by atoms with Gasteiger partial charge in [-0.25, -0.2) is 0 Å². The van der Waals surface area contributed by atoms with Crippen molar-refractivity contribution in [2.45, 2.75) is 20.8 Å². The van der Waals surface area contributed by atoms with Crippen molar-refractivity contribution in [3.05, 3.63) is 13.2 Å². The molecule has 0 spiro atoms. The Morgan fingerprint density at radius 1 is 0.800 bits per heavy atom. The lowest BCUT2D eigenvalue weighted by molar-refractivity contribution is -0.144. The fourth-order valence-electron chi connectivity index (χ4n) is 0.479. The number of hydrogen-bond acceptors (Lipinski definition) is 6. The molecule has 0 saturated carbocycles. The summed E-state index contributed by atoms with van der Waals surface area (Å²) in [5, 5.41) is 0. The Kier molecular flexibility index (Phi) is 9.43. The van der Waals surface area contributed by atoms with Gasteiger partial charge in [0, 0.05) is 20.8 Å². The molecule has 0 aromatic heterocycles. The Balaban J connectivity index is 0. The molecule has 0 aromatic carbocycles. The number of carbonyl (C=O) groups excluding carboxylic acids is 3. The second kappa shape index (κ2) is 8.94. The maximum absolute atomic E-state index is 10.4. The van der Waals surface area contributed by atoms with Gasteiger partial charge in [-0.3, -0.25) is 14.4 Å². The molecule has 0 atom stereocenters. The minimum absolute atomic E-state index is 0.654. The predicted molar refractivity (Wildman–Crippen MR) is 53.7 cm³/mol. The molecule has 0 amide bonds. The Hall–Kier alpha value is -1.63. The van der Waals surface area contributed by atoms with E-state index in [1.807, 2.05) is 0 Å². The molecule has 15 heavy (non-hydrogen) atoms. The summed E-state index contributed by atoms with van der Waals surface area (Å²) in [6, 6.07) is 0. The summed E-state index contributed by atoms with van der Waals surface area (Å²) >= 11 is 0. The van der Waals surface area contributed by atoms with Crippen LogP contribution in [0.1, 0.15) is 20.8 Å². The summed E-state index contributed by atoms with van der Waals surface area (Å²) in [7, 11) is -2.96. The minimum atomic E-state index is -2.96. The Labute approximate surface area is 89.8 Å². The normalized spacial score (nSPS) is 8.27. The summed E-state index contributed by atoms with van der Waals surface area (Å²) in [4.78, 5) is 31.3. The van der Waals surface area contributed by atoms with Gasteiger partial charge < -0.3 is 13.3 Å². The van der Waals surface area contributed by atoms with Gasteiger partial charge in [0.15, 0.2) is 0 Å². The first-order valence-electron chi connectivity index (χ1n) is 3.93. The van der Waals surface area contributed by atoms with Crippen LogP contribution in [0, 0.1) is 0 Å². The highest BCUT2D eigenvalue weighted by Crippen LogP contribution is 1.94. The highest BCUT2D eigenvalue weighted by Gasteiger charge is 2.25. The second-order valence-corrected chi connectivity index (χ2v) is 3.40. The SMILES string of the molecule is C=C.CC(=O)O[SiH](OC(C)=O)OC(C)=O. The van der Waals surface area contributed by atoms with Gasteiger partial charge in [0.25, 0.3) is 17.9 Å². The Morgan fingerprint density at radius 3 is 1.13 bits per heavy atom. The molecule has 0 unspecified atom stereocenters. The van der Waals surface area contributed by atoms with E-state index in [1.165, 1.54) is 0 Å². The van der Waals surface area contributed by atoms with Crippen LogP contribution in [0.25, 0.3) is 0 Å². The summed E-state index contributed by atoms with van der Waals surface area (Å²) in [6.45, 7) is 9.40. The Bertz CT molecular complexity index is 201. The van der Waals surface area contributed by atoms with Crippen LogP contribution in [-0.4, -0.2) is 27.4 Å². The zero-order valence-corrected chi connectivity index (χ0v) is 10.1. The quantitative estimate of drug-likeness (QED) is 0.512. The van der Waals surface area contributed by atoms with Crippen molar-refractivity contribution < 1.29 is 27.7 Å². The molecule has 0 heterocycles. The van der Waals surface area contributed by atoms with E-state index in [9.17, 15) is 14.4 Å². The molecule has 0 bridgehead atoms. The second-order valence-electron chi connectivity index (χ2n) is 2.12. The van der Waals surface area contributed by atoms with Gasteiger partial charge in [0.05, 0.1) is 0 Å². The zero-order chi connectivity index (χ0) is 12.4. The lowest BCUT2D eigenvalue weighted by Gasteiger charge is -2.12. The molecule has 0 aliphatic carbocycles. The lowest BCUT2D eigenvalue weighted by Crippen LogP contribution is -2.32. The standard InChI is InChI=1S/C6H10O6Si.C2H4/c1-4(7)10-13(11-5(2)8)12-6(3)9;1-2/h13H,1-3H3;1-2H2. The number of rotatable bonds is 3. The topological polar surface area (TPSA) is 78.9 Å². The fraction of sp³-hybridized carbons (Fsp3) is 0.375. The highest BCUT2D eigenvalue weighted by atomic mass is 28.3. The van der Waals surface area contributed by atoms with Crippen molar-refractivity contribution in [3.8, 4) is 0 Å². The van der Waals surface area contributed by atoms with Gasteiger partial charge >= 0.3 is 9.53 Å². The van der Waals surface area contributed by atoms with Gasteiger partial charge in [-0.2, -0.15) is 0 Å². The summed E-state index contributed by atoms with van der Waals surface area (Å²) < 4.78 is 13.5. The van der Waals surface area contributed by atoms with E-state index in [0.717, 1.165) is 20.8 Å². The van der Waals surface area contributed by atoms with Crippen LogP contribution >= 0.6 is 0 Å². The predicted octanol–water partition coefficient (Wildman–Crippen LogP) is 0.195. The molecule has 0 aliphatic rings. The first-order valence-corrected chi connectivity index (χ1v) is 5.35. The molecule has 0 aliphatic heterocycles. The molecule has 7 heteroatoms. The van der Waals surface area contributed by atoms with Crippen LogP contribution in [0.15, 0.2) is 13.2 Å². The van der Waals surface area contributed by atoms with Gasteiger partial charge in [-0.05, 0) is 0 Å². The summed E-state index contributed by atoms with van der Waals surface area (Å²) in [5.41, 5.74) is 0. The average molecular weight is 234 g/mol. The van der Waals surface area contributed by atoms with E-state index in [1.54, 1.807) is 0 Å². The van der Waals surface area contributed by atoms with Gasteiger partial charge in [-0.15, -0.1) is 13.2 Å². The third kappa shape index (κ3) is 12.4. The summed E-state index contributed by atoms with van der Waals surface area (Å²) in [5.74, 6) is -1.96. The molecule has 6 nitrogen and oxygen atoms in total. The molecule has 0 fully saturated rings. The Morgan fingerprint density at radius 2 is 1.00 bits per heavy atom. The lowest BCUT2D eigenvalue weighted by atomic mass is 10.9. The maximum Gasteiger partial charge on any atom is 0.689 e. The third-order valence-corrected chi connectivity index (χ3v) is 2.36. The van der Waals surface area contributed by atoms with Crippen LogP contribution in [-0.2, 0) is 27.7 Å². The molecule has 0 aromatic rings. The maximum atomic E-state index is 10.4.